The first-order valence-corrected chi connectivity index (χ1v) is 8.15. The van der Waals surface area contributed by atoms with E-state index in [2.05, 4.69) is 29.3 Å². The standard InChI is InChI=1S/C14H16ClNOS2/c1-10(8-11-4-3-7-18-11)16(2)9-12(17)13-5-6-14(15)19-13/h3-7,10H,8-9H2,1-2H3. The third kappa shape index (κ3) is 4.14. The Labute approximate surface area is 126 Å². The Morgan fingerprint density at radius 3 is 2.79 bits per heavy atom. The number of ketones is 1. The average molecular weight is 314 g/mol. The second kappa shape index (κ2) is 6.66. The molecule has 2 heterocycles. The molecule has 0 aromatic carbocycles. The molecule has 0 bridgehead atoms. The maximum absolute atomic E-state index is 12.1. The van der Waals surface area contributed by atoms with Gasteiger partial charge in [0.05, 0.1) is 15.8 Å². The molecule has 2 aromatic heterocycles. The van der Waals surface area contributed by atoms with E-state index in [4.69, 9.17) is 11.6 Å². The van der Waals surface area contributed by atoms with E-state index in [0.717, 1.165) is 11.3 Å². The summed E-state index contributed by atoms with van der Waals surface area (Å²) in [5, 5.41) is 2.08. The fourth-order valence-electron chi connectivity index (χ4n) is 1.80. The number of carbonyl (C=O) groups excluding carboxylic acids is 1. The van der Waals surface area contributed by atoms with Crippen LogP contribution in [0.3, 0.4) is 0 Å². The Morgan fingerprint density at radius 1 is 1.42 bits per heavy atom. The SMILES string of the molecule is CC(Cc1cccs1)N(C)CC(=O)c1ccc(Cl)s1. The lowest BCUT2D eigenvalue weighted by Gasteiger charge is -2.23. The van der Waals surface area contributed by atoms with Crippen molar-refractivity contribution in [3.63, 3.8) is 0 Å². The van der Waals surface area contributed by atoms with Gasteiger partial charge in [-0.3, -0.25) is 9.69 Å². The molecule has 5 heteroatoms. The van der Waals surface area contributed by atoms with Gasteiger partial charge in [0.2, 0.25) is 0 Å². The molecule has 0 aliphatic carbocycles. The van der Waals surface area contributed by atoms with E-state index >= 15 is 0 Å². The van der Waals surface area contributed by atoms with Crippen molar-refractivity contribution in [1.82, 2.24) is 4.90 Å². The molecule has 1 unspecified atom stereocenters. The number of likely N-dealkylation sites (N-methyl/N-ethyl adjacent to an activating group) is 1. The number of hydrogen-bond donors (Lipinski definition) is 0. The molecule has 1 atom stereocenters. The van der Waals surface area contributed by atoms with E-state index in [1.54, 1.807) is 23.5 Å². The molecule has 0 aliphatic rings. The molecule has 0 saturated heterocycles. The smallest absolute Gasteiger partial charge is 0.186 e. The minimum Gasteiger partial charge on any atom is -0.296 e. The van der Waals surface area contributed by atoms with Crippen LogP contribution in [0.5, 0.6) is 0 Å². The predicted molar refractivity (Wildman–Crippen MR) is 83.8 cm³/mol. The lowest BCUT2D eigenvalue weighted by molar-refractivity contribution is 0.0929. The summed E-state index contributed by atoms with van der Waals surface area (Å²) >= 11 is 8.96. The lowest BCUT2D eigenvalue weighted by atomic mass is 10.1. The van der Waals surface area contributed by atoms with Crippen LogP contribution in [0.4, 0.5) is 0 Å². The molecule has 0 fully saturated rings. The van der Waals surface area contributed by atoms with Crippen LogP contribution in [0.1, 0.15) is 21.5 Å². The maximum atomic E-state index is 12.1. The molecule has 0 N–H and O–H groups in total. The molecule has 0 radical (unpaired) electrons. The zero-order chi connectivity index (χ0) is 13.8. The predicted octanol–water partition coefficient (Wildman–Crippen LogP) is 4.21. The topological polar surface area (TPSA) is 20.3 Å². The van der Waals surface area contributed by atoms with Crippen molar-refractivity contribution < 1.29 is 4.79 Å². The van der Waals surface area contributed by atoms with Crippen molar-refractivity contribution in [3.8, 4) is 0 Å². The first kappa shape index (κ1) is 14.7. The van der Waals surface area contributed by atoms with Crippen LogP contribution < -0.4 is 0 Å². The molecular formula is C14H16ClNOS2. The Morgan fingerprint density at radius 2 is 2.21 bits per heavy atom. The van der Waals surface area contributed by atoms with E-state index in [-0.39, 0.29) is 5.78 Å². The number of rotatable bonds is 6. The number of hydrogen-bond acceptors (Lipinski definition) is 4. The molecule has 0 saturated carbocycles. The van der Waals surface area contributed by atoms with Gasteiger partial charge in [0, 0.05) is 10.9 Å². The van der Waals surface area contributed by atoms with E-state index < -0.39 is 0 Å². The van der Waals surface area contributed by atoms with Crippen molar-refractivity contribution in [2.45, 2.75) is 19.4 Å². The summed E-state index contributed by atoms with van der Waals surface area (Å²) in [6.45, 7) is 2.58. The molecule has 2 rings (SSSR count). The highest BCUT2D eigenvalue weighted by atomic mass is 35.5. The van der Waals surface area contributed by atoms with E-state index in [1.807, 2.05) is 7.05 Å². The van der Waals surface area contributed by atoms with Crippen LogP contribution in [-0.2, 0) is 6.42 Å². The third-order valence-electron chi connectivity index (χ3n) is 3.07. The highest BCUT2D eigenvalue weighted by Gasteiger charge is 2.16. The first-order chi connectivity index (χ1) is 9.06. The van der Waals surface area contributed by atoms with E-state index in [0.29, 0.717) is 16.9 Å². The number of Topliss-reactive ketones (excluding diaryl/α,β-unsaturated/α-hetero) is 1. The molecule has 102 valence electrons. The van der Waals surface area contributed by atoms with Gasteiger partial charge >= 0.3 is 0 Å². The largest absolute Gasteiger partial charge is 0.296 e. The number of nitrogens with zero attached hydrogens (tertiary/aromatic N) is 1. The van der Waals surface area contributed by atoms with Gasteiger partial charge in [0.1, 0.15) is 0 Å². The molecule has 2 aromatic rings. The monoisotopic (exact) mass is 313 g/mol. The van der Waals surface area contributed by atoms with Gasteiger partial charge in [-0.05, 0) is 44.0 Å². The second-order valence-electron chi connectivity index (χ2n) is 4.57. The summed E-state index contributed by atoms with van der Waals surface area (Å²) in [7, 11) is 1.99. The fraction of sp³-hybridized carbons (Fsp3) is 0.357. The average Bonchev–Trinajstić information content (AvgIpc) is 3.00. The van der Waals surface area contributed by atoms with Crippen molar-refractivity contribution in [1.29, 1.82) is 0 Å². The molecule has 0 amide bonds. The molecule has 0 aliphatic heterocycles. The summed E-state index contributed by atoms with van der Waals surface area (Å²) in [4.78, 5) is 16.3. The quantitative estimate of drug-likeness (QED) is 0.745. The number of carbonyl (C=O) groups is 1. The van der Waals surface area contributed by atoms with Crippen LogP contribution in [0, 0.1) is 0 Å². The molecule has 19 heavy (non-hydrogen) atoms. The Bertz CT molecular complexity index is 535. The van der Waals surface area contributed by atoms with Gasteiger partial charge in [-0.25, -0.2) is 0 Å². The van der Waals surface area contributed by atoms with Crippen LogP contribution >= 0.6 is 34.3 Å². The van der Waals surface area contributed by atoms with Crippen molar-refractivity contribution >= 4 is 40.1 Å². The van der Waals surface area contributed by atoms with Crippen LogP contribution in [0.15, 0.2) is 29.6 Å². The van der Waals surface area contributed by atoms with Gasteiger partial charge < -0.3 is 0 Å². The molecule has 0 spiro atoms. The number of halogens is 1. The zero-order valence-corrected chi connectivity index (χ0v) is 13.3. The van der Waals surface area contributed by atoms with E-state index in [1.165, 1.54) is 16.2 Å². The van der Waals surface area contributed by atoms with Crippen LogP contribution in [-0.4, -0.2) is 30.3 Å². The van der Waals surface area contributed by atoms with E-state index in [9.17, 15) is 4.79 Å². The molecule has 2 nitrogen and oxygen atoms in total. The summed E-state index contributed by atoms with van der Waals surface area (Å²) < 4.78 is 0.664. The third-order valence-corrected chi connectivity index (χ3v) is 5.24. The maximum Gasteiger partial charge on any atom is 0.186 e. The molecular weight excluding hydrogens is 298 g/mol. The minimum absolute atomic E-state index is 0.137. The summed E-state index contributed by atoms with van der Waals surface area (Å²) in [6.07, 6.45) is 0.979. The number of thiophene rings is 2. The van der Waals surface area contributed by atoms with Gasteiger partial charge in [0.25, 0.3) is 0 Å². The normalized spacial score (nSPS) is 12.8. The van der Waals surface area contributed by atoms with Crippen molar-refractivity contribution in [2.24, 2.45) is 0 Å². The Hall–Kier alpha value is -0.680. The Kier molecular flexibility index (Phi) is 5.16. The highest BCUT2D eigenvalue weighted by molar-refractivity contribution is 7.18. The van der Waals surface area contributed by atoms with Gasteiger partial charge in [-0.2, -0.15) is 0 Å². The highest BCUT2D eigenvalue weighted by Crippen LogP contribution is 2.22. The van der Waals surface area contributed by atoms with Gasteiger partial charge in [-0.1, -0.05) is 17.7 Å². The van der Waals surface area contributed by atoms with Crippen LogP contribution in [0.25, 0.3) is 0 Å². The van der Waals surface area contributed by atoms with Gasteiger partial charge in [0.15, 0.2) is 5.78 Å². The van der Waals surface area contributed by atoms with Gasteiger partial charge in [-0.15, -0.1) is 22.7 Å². The lowest BCUT2D eigenvalue weighted by Crippen LogP contribution is -2.35. The zero-order valence-electron chi connectivity index (χ0n) is 10.9. The minimum atomic E-state index is 0.137. The van der Waals surface area contributed by atoms with Crippen molar-refractivity contribution in [2.75, 3.05) is 13.6 Å². The second-order valence-corrected chi connectivity index (χ2v) is 7.32. The summed E-state index contributed by atoms with van der Waals surface area (Å²) in [5.41, 5.74) is 0. The first-order valence-electron chi connectivity index (χ1n) is 6.07. The Balaban J connectivity index is 1.89. The summed E-state index contributed by atoms with van der Waals surface area (Å²) in [6, 6.07) is 8.11. The van der Waals surface area contributed by atoms with Crippen molar-refractivity contribution in [3.05, 3.63) is 43.7 Å². The fourth-order valence-corrected chi connectivity index (χ4v) is 3.60. The summed E-state index contributed by atoms with van der Waals surface area (Å²) in [5.74, 6) is 0.137. The van der Waals surface area contributed by atoms with Crippen LogP contribution in [0.2, 0.25) is 4.34 Å².